The minimum absolute atomic E-state index is 0.126. The maximum absolute atomic E-state index is 12.4. The molecule has 0 saturated carbocycles. The molecular formula is C23H38N4O2. The van der Waals surface area contributed by atoms with Gasteiger partial charge in [0.05, 0.1) is 23.6 Å². The normalized spacial score (nSPS) is 23.8. The Labute approximate surface area is 176 Å². The second-order valence-corrected chi connectivity index (χ2v) is 8.79. The van der Waals surface area contributed by atoms with E-state index in [1.165, 1.54) is 25.9 Å². The smallest absolute Gasteiger partial charge is 0.319 e. The van der Waals surface area contributed by atoms with Gasteiger partial charge in [-0.3, -0.25) is 0 Å². The van der Waals surface area contributed by atoms with Crippen molar-refractivity contribution in [3.8, 4) is 0 Å². The van der Waals surface area contributed by atoms with Crippen molar-refractivity contribution < 1.29 is 9.53 Å². The summed E-state index contributed by atoms with van der Waals surface area (Å²) >= 11 is 0. The number of morpholine rings is 1. The highest BCUT2D eigenvalue weighted by atomic mass is 16.5. The van der Waals surface area contributed by atoms with Gasteiger partial charge in [0.2, 0.25) is 0 Å². The summed E-state index contributed by atoms with van der Waals surface area (Å²) in [6.45, 7) is 12.5. The number of carbonyl (C=O) groups excluding carboxylic acids is 1. The molecule has 2 heterocycles. The van der Waals surface area contributed by atoms with Crippen LogP contribution in [0, 0.1) is 5.92 Å². The zero-order valence-corrected chi connectivity index (χ0v) is 18.3. The molecule has 3 rings (SSSR count). The van der Waals surface area contributed by atoms with Gasteiger partial charge < -0.3 is 25.2 Å². The second-order valence-electron chi connectivity index (χ2n) is 8.79. The van der Waals surface area contributed by atoms with Crippen LogP contribution in [0.2, 0.25) is 0 Å². The number of para-hydroxylation sites is 2. The SMILES string of the molecule is CC1CCN(CCCCNC(=O)Nc2ccccc2N2C[C@H](C)O[C@@H](C)C2)CC1. The fourth-order valence-corrected chi connectivity index (χ4v) is 4.34. The Morgan fingerprint density at radius 1 is 1.07 bits per heavy atom. The fraction of sp³-hybridized carbons (Fsp3) is 0.696. The summed E-state index contributed by atoms with van der Waals surface area (Å²) in [4.78, 5) is 17.3. The van der Waals surface area contributed by atoms with E-state index in [1.54, 1.807) is 0 Å². The van der Waals surface area contributed by atoms with Crippen LogP contribution in [0.4, 0.5) is 16.2 Å². The molecule has 162 valence electrons. The molecular weight excluding hydrogens is 364 g/mol. The van der Waals surface area contributed by atoms with Crippen LogP contribution in [0.3, 0.4) is 0 Å². The van der Waals surface area contributed by atoms with Crippen LogP contribution in [-0.2, 0) is 4.74 Å². The van der Waals surface area contributed by atoms with Gasteiger partial charge in [0, 0.05) is 19.6 Å². The number of urea groups is 1. The third-order valence-corrected chi connectivity index (χ3v) is 5.98. The van der Waals surface area contributed by atoms with Crippen molar-refractivity contribution in [3.63, 3.8) is 0 Å². The van der Waals surface area contributed by atoms with E-state index in [4.69, 9.17) is 4.74 Å². The van der Waals surface area contributed by atoms with Crippen molar-refractivity contribution in [2.24, 2.45) is 5.92 Å². The highest BCUT2D eigenvalue weighted by Gasteiger charge is 2.24. The average Bonchev–Trinajstić information content (AvgIpc) is 2.69. The van der Waals surface area contributed by atoms with Crippen LogP contribution >= 0.6 is 0 Å². The maximum Gasteiger partial charge on any atom is 0.319 e. The number of ether oxygens (including phenoxy) is 1. The zero-order valence-electron chi connectivity index (χ0n) is 18.3. The molecule has 0 aliphatic carbocycles. The number of unbranched alkanes of at least 4 members (excludes halogenated alkanes) is 1. The number of hydrogen-bond donors (Lipinski definition) is 2. The highest BCUT2D eigenvalue weighted by Crippen LogP contribution is 2.28. The van der Waals surface area contributed by atoms with Crippen LogP contribution in [0.15, 0.2) is 24.3 Å². The van der Waals surface area contributed by atoms with Crippen LogP contribution in [0.1, 0.15) is 46.5 Å². The Morgan fingerprint density at radius 2 is 1.76 bits per heavy atom. The van der Waals surface area contributed by atoms with E-state index in [1.807, 2.05) is 18.2 Å². The van der Waals surface area contributed by atoms with Crippen molar-refractivity contribution in [2.45, 2.75) is 58.7 Å². The summed E-state index contributed by atoms with van der Waals surface area (Å²) in [5.74, 6) is 0.878. The van der Waals surface area contributed by atoms with Gasteiger partial charge in [-0.1, -0.05) is 19.1 Å². The molecule has 0 aromatic heterocycles. The fourth-order valence-electron chi connectivity index (χ4n) is 4.34. The van der Waals surface area contributed by atoms with E-state index in [0.29, 0.717) is 6.54 Å². The average molecular weight is 403 g/mol. The molecule has 2 aliphatic rings. The largest absolute Gasteiger partial charge is 0.372 e. The first-order valence-corrected chi connectivity index (χ1v) is 11.3. The van der Waals surface area contributed by atoms with E-state index in [9.17, 15) is 4.79 Å². The number of nitrogens with zero attached hydrogens (tertiary/aromatic N) is 2. The van der Waals surface area contributed by atoms with Gasteiger partial charge in [-0.15, -0.1) is 0 Å². The first-order chi connectivity index (χ1) is 14.0. The number of rotatable bonds is 7. The summed E-state index contributed by atoms with van der Waals surface area (Å²) in [6.07, 6.45) is 5.16. The number of piperidine rings is 1. The molecule has 29 heavy (non-hydrogen) atoms. The third-order valence-electron chi connectivity index (χ3n) is 5.98. The van der Waals surface area contributed by atoms with E-state index in [-0.39, 0.29) is 18.2 Å². The Bertz CT molecular complexity index is 636. The number of amides is 2. The summed E-state index contributed by atoms with van der Waals surface area (Å²) in [6, 6.07) is 7.89. The number of carbonyl (C=O) groups is 1. The molecule has 2 fully saturated rings. The molecule has 6 heteroatoms. The van der Waals surface area contributed by atoms with Crippen molar-refractivity contribution in [1.29, 1.82) is 0 Å². The summed E-state index contributed by atoms with van der Waals surface area (Å²) in [7, 11) is 0. The molecule has 0 bridgehead atoms. The molecule has 0 unspecified atom stereocenters. The zero-order chi connectivity index (χ0) is 20.6. The van der Waals surface area contributed by atoms with Gasteiger partial charge >= 0.3 is 6.03 Å². The van der Waals surface area contributed by atoms with Crippen LogP contribution < -0.4 is 15.5 Å². The van der Waals surface area contributed by atoms with Gasteiger partial charge in [-0.2, -0.15) is 0 Å². The predicted molar refractivity (Wildman–Crippen MR) is 120 cm³/mol. The number of likely N-dealkylation sites (tertiary alicyclic amines) is 1. The lowest BCUT2D eigenvalue weighted by atomic mass is 9.99. The maximum atomic E-state index is 12.4. The number of benzene rings is 1. The van der Waals surface area contributed by atoms with Crippen molar-refractivity contribution in [2.75, 3.05) is 49.5 Å². The minimum atomic E-state index is -0.126. The van der Waals surface area contributed by atoms with Crippen LogP contribution in [0.5, 0.6) is 0 Å². The van der Waals surface area contributed by atoms with E-state index in [2.05, 4.69) is 47.3 Å². The van der Waals surface area contributed by atoms with Crippen molar-refractivity contribution in [1.82, 2.24) is 10.2 Å². The van der Waals surface area contributed by atoms with Gasteiger partial charge in [-0.25, -0.2) is 4.79 Å². The Kier molecular flexibility index (Phi) is 8.19. The number of nitrogens with one attached hydrogen (secondary N) is 2. The summed E-state index contributed by atoms with van der Waals surface area (Å²) in [5.41, 5.74) is 1.91. The Morgan fingerprint density at radius 3 is 2.48 bits per heavy atom. The van der Waals surface area contributed by atoms with E-state index >= 15 is 0 Å². The minimum Gasteiger partial charge on any atom is -0.372 e. The van der Waals surface area contributed by atoms with Crippen molar-refractivity contribution >= 4 is 17.4 Å². The molecule has 0 spiro atoms. The molecule has 2 N–H and O–H groups in total. The van der Waals surface area contributed by atoms with Crippen LogP contribution in [-0.4, -0.2) is 62.4 Å². The molecule has 2 saturated heterocycles. The van der Waals surface area contributed by atoms with Gasteiger partial charge in [0.25, 0.3) is 0 Å². The first kappa shape index (κ1) is 21.9. The molecule has 0 radical (unpaired) electrons. The second kappa shape index (κ2) is 10.8. The molecule has 1 aromatic rings. The Hall–Kier alpha value is -1.79. The molecule has 1 aromatic carbocycles. The molecule has 2 aliphatic heterocycles. The monoisotopic (exact) mass is 402 g/mol. The third kappa shape index (κ3) is 6.89. The van der Waals surface area contributed by atoms with E-state index in [0.717, 1.165) is 49.8 Å². The number of anilines is 2. The first-order valence-electron chi connectivity index (χ1n) is 11.3. The number of hydrogen-bond acceptors (Lipinski definition) is 4. The van der Waals surface area contributed by atoms with Gasteiger partial charge in [0.1, 0.15) is 0 Å². The summed E-state index contributed by atoms with van der Waals surface area (Å²) in [5, 5.41) is 6.05. The molecule has 2 amide bonds. The highest BCUT2D eigenvalue weighted by molar-refractivity contribution is 5.93. The molecule has 6 nitrogen and oxygen atoms in total. The topological polar surface area (TPSA) is 56.8 Å². The van der Waals surface area contributed by atoms with Gasteiger partial charge in [0.15, 0.2) is 0 Å². The lowest BCUT2D eigenvalue weighted by molar-refractivity contribution is -0.00517. The standard InChI is InChI=1S/C23H38N4O2/c1-18-10-14-26(15-11-18)13-7-6-12-24-23(28)25-21-8-4-5-9-22(21)27-16-19(2)29-20(3)17-27/h4-5,8-9,18-20H,6-7,10-17H2,1-3H3,(H2,24,25,28)/t19-,20-/m0/s1. The Balaban J connectivity index is 1.40. The molecule has 2 atom stereocenters. The van der Waals surface area contributed by atoms with Crippen LogP contribution in [0.25, 0.3) is 0 Å². The van der Waals surface area contributed by atoms with Gasteiger partial charge in [-0.05, 0) is 77.2 Å². The lowest BCUT2D eigenvalue weighted by Crippen LogP contribution is -2.45. The van der Waals surface area contributed by atoms with Crippen molar-refractivity contribution in [3.05, 3.63) is 24.3 Å². The lowest BCUT2D eigenvalue weighted by Gasteiger charge is -2.37. The predicted octanol–water partition coefficient (Wildman–Crippen LogP) is 3.93. The quantitative estimate of drug-likeness (QED) is 0.679. The summed E-state index contributed by atoms with van der Waals surface area (Å²) < 4.78 is 5.84. The van der Waals surface area contributed by atoms with E-state index < -0.39 is 0 Å².